The minimum Gasteiger partial charge on any atom is -0.398 e. The number of hydrogen-bond donors (Lipinski definition) is 2. The van der Waals surface area contributed by atoms with Crippen LogP contribution in [0.1, 0.15) is 11.1 Å². The van der Waals surface area contributed by atoms with Gasteiger partial charge in [0.05, 0.1) is 5.39 Å². The zero-order chi connectivity index (χ0) is 9.59. The van der Waals surface area contributed by atoms with E-state index in [4.69, 9.17) is 16.0 Å². The summed E-state index contributed by atoms with van der Waals surface area (Å²) in [6.45, 7) is 3.94. The molecule has 2 rings (SSSR count). The van der Waals surface area contributed by atoms with Crippen molar-refractivity contribution in [1.82, 2.24) is 5.16 Å². The SMILES string of the molecule is Cc1cc(N)c2c(N)noc2c1C. The Balaban J connectivity index is 2.99. The topological polar surface area (TPSA) is 78.1 Å². The summed E-state index contributed by atoms with van der Waals surface area (Å²) in [6.07, 6.45) is 0. The van der Waals surface area contributed by atoms with Crippen LogP contribution >= 0.6 is 0 Å². The van der Waals surface area contributed by atoms with Gasteiger partial charge in [-0.05, 0) is 31.0 Å². The Hall–Kier alpha value is -1.71. The lowest BCUT2D eigenvalue weighted by Gasteiger charge is -2.02. The predicted octanol–water partition coefficient (Wildman–Crippen LogP) is 1.61. The van der Waals surface area contributed by atoms with E-state index in [0.717, 1.165) is 16.5 Å². The number of fused-ring (bicyclic) bond motifs is 1. The van der Waals surface area contributed by atoms with Gasteiger partial charge in [0.25, 0.3) is 0 Å². The third-order valence-corrected chi connectivity index (χ3v) is 2.31. The number of nitrogen functional groups attached to an aromatic ring is 2. The largest absolute Gasteiger partial charge is 0.398 e. The van der Waals surface area contributed by atoms with E-state index in [2.05, 4.69) is 5.16 Å². The Labute approximate surface area is 75.5 Å². The molecule has 13 heavy (non-hydrogen) atoms. The maximum absolute atomic E-state index is 5.79. The summed E-state index contributed by atoms with van der Waals surface area (Å²) < 4.78 is 5.09. The van der Waals surface area contributed by atoms with E-state index in [1.807, 2.05) is 19.9 Å². The molecule has 0 bridgehead atoms. The summed E-state index contributed by atoms with van der Waals surface area (Å²) in [7, 11) is 0. The Morgan fingerprint density at radius 3 is 2.69 bits per heavy atom. The molecule has 2 aromatic rings. The number of nitrogens with two attached hydrogens (primary N) is 2. The van der Waals surface area contributed by atoms with Gasteiger partial charge in [-0.25, -0.2) is 0 Å². The van der Waals surface area contributed by atoms with Gasteiger partial charge in [0.2, 0.25) is 0 Å². The molecule has 0 aliphatic rings. The first-order valence-corrected chi connectivity index (χ1v) is 4.02. The average molecular weight is 177 g/mol. The Morgan fingerprint density at radius 2 is 2.00 bits per heavy atom. The summed E-state index contributed by atoms with van der Waals surface area (Å²) in [5.74, 6) is 0.357. The van der Waals surface area contributed by atoms with Crippen LogP contribution in [0.5, 0.6) is 0 Å². The van der Waals surface area contributed by atoms with Crippen LogP contribution in [0, 0.1) is 13.8 Å². The van der Waals surface area contributed by atoms with Crippen molar-refractivity contribution in [3.63, 3.8) is 0 Å². The van der Waals surface area contributed by atoms with E-state index in [0.29, 0.717) is 17.1 Å². The van der Waals surface area contributed by atoms with Crippen LogP contribution in [0.2, 0.25) is 0 Å². The van der Waals surface area contributed by atoms with Gasteiger partial charge >= 0.3 is 0 Å². The average Bonchev–Trinajstić information content (AvgIpc) is 2.44. The molecule has 0 spiro atoms. The van der Waals surface area contributed by atoms with Gasteiger partial charge in [-0.1, -0.05) is 5.16 Å². The van der Waals surface area contributed by atoms with Crippen LogP contribution in [0.25, 0.3) is 11.0 Å². The lowest BCUT2D eigenvalue weighted by molar-refractivity contribution is 0.459. The van der Waals surface area contributed by atoms with Gasteiger partial charge < -0.3 is 16.0 Å². The van der Waals surface area contributed by atoms with Crippen LogP contribution in [-0.2, 0) is 0 Å². The van der Waals surface area contributed by atoms with E-state index >= 15 is 0 Å². The second kappa shape index (κ2) is 2.39. The van der Waals surface area contributed by atoms with Crippen molar-refractivity contribution in [3.8, 4) is 0 Å². The molecule has 0 aliphatic heterocycles. The standard InChI is InChI=1S/C9H11N3O/c1-4-3-6(10)7-8(5(4)2)13-12-9(7)11/h3H,10H2,1-2H3,(H2,11,12). The molecule has 0 amide bonds. The van der Waals surface area contributed by atoms with Gasteiger partial charge in [-0.15, -0.1) is 0 Å². The summed E-state index contributed by atoms with van der Waals surface area (Å²) in [5.41, 5.74) is 14.8. The fourth-order valence-electron chi connectivity index (χ4n) is 1.43. The number of nitrogens with zero attached hydrogens (tertiary/aromatic N) is 1. The molecule has 0 fully saturated rings. The van der Waals surface area contributed by atoms with Crippen molar-refractivity contribution >= 4 is 22.5 Å². The highest BCUT2D eigenvalue weighted by atomic mass is 16.5. The molecule has 1 aromatic carbocycles. The summed E-state index contributed by atoms with van der Waals surface area (Å²) in [5, 5.41) is 4.41. The minimum absolute atomic E-state index is 0.357. The lowest BCUT2D eigenvalue weighted by Crippen LogP contribution is -1.92. The van der Waals surface area contributed by atoms with Gasteiger partial charge in [-0.3, -0.25) is 0 Å². The smallest absolute Gasteiger partial charge is 0.176 e. The molecule has 68 valence electrons. The summed E-state index contributed by atoms with van der Waals surface area (Å²) in [6, 6.07) is 1.88. The Bertz CT molecular complexity index is 473. The molecule has 0 aliphatic carbocycles. The minimum atomic E-state index is 0.357. The van der Waals surface area contributed by atoms with Gasteiger partial charge in [0.15, 0.2) is 11.4 Å². The Morgan fingerprint density at radius 1 is 1.31 bits per heavy atom. The van der Waals surface area contributed by atoms with Crippen LogP contribution in [-0.4, -0.2) is 5.16 Å². The lowest BCUT2D eigenvalue weighted by atomic mass is 10.1. The van der Waals surface area contributed by atoms with Crippen molar-refractivity contribution < 1.29 is 4.52 Å². The fourth-order valence-corrected chi connectivity index (χ4v) is 1.43. The quantitative estimate of drug-likeness (QED) is 0.599. The molecule has 0 saturated heterocycles. The first kappa shape index (κ1) is 7.91. The molecule has 0 atom stereocenters. The molecule has 0 saturated carbocycles. The second-order valence-electron chi connectivity index (χ2n) is 3.18. The third kappa shape index (κ3) is 0.950. The first-order valence-electron chi connectivity index (χ1n) is 4.02. The molecule has 1 aromatic heterocycles. The number of aromatic nitrogens is 1. The van der Waals surface area contributed by atoms with E-state index < -0.39 is 0 Å². The molecule has 4 N–H and O–H groups in total. The van der Waals surface area contributed by atoms with E-state index in [-0.39, 0.29) is 0 Å². The van der Waals surface area contributed by atoms with E-state index in [1.165, 1.54) is 0 Å². The second-order valence-corrected chi connectivity index (χ2v) is 3.18. The zero-order valence-electron chi connectivity index (χ0n) is 7.59. The number of rotatable bonds is 0. The van der Waals surface area contributed by atoms with Crippen molar-refractivity contribution in [2.24, 2.45) is 0 Å². The molecule has 0 unspecified atom stereocenters. The van der Waals surface area contributed by atoms with Crippen LogP contribution < -0.4 is 11.5 Å². The van der Waals surface area contributed by atoms with E-state index in [9.17, 15) is 0 Å². The monoisotopic (exact) mass is 177 g/mol. The number of anilines is 2. The van der Waals surface area contributed by atoms with Crippen molar-refractivity contribution in [2.75, 3.05) is 11.5 Å². The van der Waals surface area contributed by atoms with Gasteiger partial charge in [-0.2, -0.15) is 0 Å². The Kier molecular flexibility index (Phi) is 1.45. The van der Waals surface area contributed by atoms with Gasteiger partial charge in [0, 0.05) is 5.69 Å². The van der Waals surface area contributed by atoms with Crippen LogP contribution in [0.3, 0.4) is 0 Å². The molecule has 1 heterocycles. The van der Waals surface area contributed by atoms with Crippen molar-refractivity contribution in [2.45, 2.75) is 13.8 Å². The molecule has 4 nitrogen and oxygen atoms in total. The predicted molar refractivity (Wildman–Crippen MR) is 52.3 cm³/mol. The number of benzene rings is 1. The van der Waals surface area contributed by atoms with Crippen LogP contribution in [0.4, 0.5) is 11.5 Å². The summed E-state index contributed by atoms with van der Waals surface area (Å²) in [4.78, 5) is 0. The summed E-state index contributed by atoms with van der Waals surface area (Å²) >= 11 is 0. The highest BCUT2D eigenvalue weighted by Crippen LogP contribution is 2.31. The molecular weight excluding hydrogens is 166 g/mol. The number of hydrogen-bond acceptors (Lipinski definition) is 4. The molecule has 4 heteroatoms. The number of aryl methyl sites for hydroxylation is 2. The highest BCUT2D eigenvalue weighted by molar-refractivity contribution is 5.99. The molecule has 0 radical (unpaired) electrons. The fraction of sp³-hybridized carbons (Fsp3) is 0.222. The first-order chi connectivity index (χ1) is 6.11. The highest BCUT2D eigenvalue weighted by Gasteiger charge is 2.12. The normalized spacial score (nSPS) is 10.9. The van der Waals surface area contributed by atoms with Crippen molar-refractivity contribution in [1.29, 1.82) is 0 Å². The maximum atomic E-state index is 5.79. The van der Waals surface area contributed by atoms with Crippen LogP contribution in [0.15, 0.2) is 10.6 Å². The maximum Gasteiger partial charge on any atom is 0.176 e. The molecular formula is C9H11N3O. The third-order valence-electron chi connectivity index (χ3n) is 2.31. The van der Waals surface area contributed by atoms with Crippen molar-refractivity contribution in [3.05, 3.63) is 17.2 Å². The van der Waals surface area contributed by atoms with Gasteiger partial charge in [0.1, 0.15) is 0 Å². The zero-order valence-corrected chi connectivity index (χ0v) is 7.59. The van der Waals surface area contributed by atoms with E-state index in [1.54, 1.807) is 0 Å².